The van der Waals surface area contributed by atoms with Gasteiger partial charge in [-0.05, 0) is 60.8 Å². The first-order chi connectivity index (χ1) is 10.7. The van der Waals surface area contributed by atoms with E-state index in [9.17, 15) is 5.02 Å². The summed E-state index contributed by atoms with van der Waals surface area (Å²) in [4.78, 5) is 2.11. The molecule has 2 rings (SSSR count). The number of nitrogens with zero attached hydrogens (tertiary/aromatic N) is 1. The SMILES string of the molecule is CB(O)N1CCC(C#C[Si](C)(C)C)(Nc2ccccc2Br)CC1. The minimum absolute atomic E-state index is 0.213. The van der Waals surface area contributed by atoms with Crippen LogP contribution in [-0.2, 0) is 0 Å². The number of hydrogen-bond acceptors (Lipinski definition) is 3. The van der Waals surface area contributed by atoms with Crippen LogP contribution in [-0.4, -0.2) is 43.6 Å². The molecule has 0 bridgehead atoms. The normalized spacial score (nSPS) is 18.0. The number of nitrogens with one attached hydrogen (secondary N) is 1. The second-order valence-electron chi connectivity index (χ2n) is 7.35. The van der Waals surface area contributed by atoms with Gasteiger partial charge in [0.15, 0.2) is 0 Å². The third kappa shape index (κ3) is 5.39. The Hall–Kier alpha value is -0.738. The van der Waals surface area contributed by atoms with E-state index in [1.165, 1.54) is 0 Å². The summed E-state index contributed by atoms with van der Waals surface area (Å²) in [5, 5.41) is 13.5. The second kappa shape index (κ2) is 7.44. The van der Waals surface area contributed by atoms with Gasteiger partial charge in [-0.2, -0.15) is 0 Å². The highest BCUT2D eigenvalue weighted by Gasteiger charge is 2.35. The molecule has 0 unspecified atom stereocenters. The van der Waals surface area contributed by atoms with Crippen LogP contribution in [0.5, 0.6) is 0 Å². The Kier molecular flexibility index (Phi) is 6.01. The van der Waals surface area contributed by atoms with Crippen molar-refractivity contribution in [2.45, 2.75) is 44.8 Å². The van der Waals surface area contributed by atoms with E-state index in [1.54, 1.807) is 0 Å². The van der Waals surface area contributed by atoms with Crippen LogP contribution in [0.4, 0.5) is 5.69 Å². The summed E-state index contributed by atoms with van der Waals surface area (Å²) in [6.07, 6.45) is 1.83. The van der Waals surface area contributed by atoms with Crippen LogP contribution in [0.2, 0.25) is 26.5 Å². The van der Waals surface area contributed by atoms with E-state index in [2.05, 4.69) is 63.2 Å². The fourth-order valence-electron chi connectivity index (χ4n) is 2.69. The lowest BCUT2D eigenvalue weighted by molar-refractivity contribution is 0.269. The Morgan fingerprint density at radius 1 is 1.26 bits per heavy atom. The van der Waals surface area contributed by atoms with Gasteiger partial charge in [0, 0.05) is 10.2 Å². The number of para-hydroxylation sites is 1. The van der Waals surface area contributed by atoms with Crippen molar-refractivity contribution in [3.05, 3.63) is 28.7 Å². The van der Waals surface area contributed by atoms with Crippen molar-refractivity contribution in [1.82, 2.24) is 4.81 Å². The van der Waals surface area contributed by atoms with Gasteiger partial charge < -0.3 is 15.2 Å². The number of piperidine rings is 1. The van der Waals surface area contributed by atoms with Crippen molar-refractivity contribution in [1.29, 1.82) is 0 Å². The average Bonchev–Trinajstić information content (AvgIpc) is 2.48. The molecule has 124 valence electrons. The smallest absolute Gasteiger partial charge is 0.376 e. The van der Waals surface area contributed by atoms with Crippen LogP contribution in [0, 0.1) is 11.5 Å². The summed E-state index contributed by atoms with van der Waals surface area (Å²) < 4.78 is 1.06. The minimum atomic E-state index is -1.43. The van der Waals surface area contributed by atoms with Crippen molar-refractivity contribution >= 4 is 36.7 Å². The lowest BCUT2D eigenvalue weighted by Crippen LogP contribution is -2.52. The van der Waals surface area contributed by atoms with Crippen molar-refractivity contribution in [2.75, 3.05) is 18.4 Å². The molecule has 3 nitrogen and oxygen atoms in total. The number of benzene rings is 1. The summed E-state index contributed by atoms with van der Waals surface area (Å²) in [6, 6.07) is 8.19. The fourth-order valence-corrected chi connectivity index (χ4v) is 3.69. The van der Waals surface area contributed by atoms with Crippen molar-refractivity contribution in [2.24, 2.45) is 0 Å². The molecule has 1 aliphatic rings. The Morgan fingerprint density at radius 3 is 2.39 bits per heavy atom. The van der Waals surface area contributed by atoms with Crippen LogP contribution in [0.15, 0.2) is 28.7 Å². The zero-order chi connectivity index (χ0) is 17.1. The summed E-state index contributed by atoms with van der Waals surface area (Å²) >= 11 is 3.62. The molecule has 0 aromatic heterocycles. The zero-order valence-corrected chi connectivity index (χ0v) is 17.1. The van der Waals surface area contributed by atoms with Gasteiger partial charge in [0.05, 0.1) is 0 Å². The fraction of sp³-hybridized carbons (Fsp3) is 0.529. The Morgan fingerprint density at radius 2 is 1.87 bits per heavy atom. The lowest BCUT2D eigenvalue weighted by Gasteiger charge is -2.40. The van der Waals surface area contributed by atoms with E-state index >= 15 is 0 Å². The maximum absolute atomic E-state index is 9.81. The average molecular weight is 393 g/mol. The second-order valence-corrected chi connectivity index (χ2v) is 13.0. The Labute approximate surface area is 150 Å². The predicted molar refractivity (Wildman–Crippen MR) is 106 cm³/mol. The summed E-state index contributed by atoms with van der Waals surface area (Å²) in [7, 11) is -1.82. The van der Waals surface area contributed by atoms with Crippen molar-refractivity contribution in [3.8, 4) is 11.5 Å². The highest BCUT2D eigenvalue weighted by Crippen LogP contribution is 2.31. The Balaban J connectivity index is 2.26. The van der Waals surface area contributed by atoms with Gasteiger partial charge >= 0.3 is 7.05 Å². The van der Waals surface area contributed by atoms with Gasteiger partial charge in [0.1, 0.15) is 13.6 Å². The first-order valence-corrected chi connectivity index (χ1v) is 12.5. The lowest BCUT2D eigenvalue weighted by atomic mass is 9.78. The van der Waals surface area contributed by atoms with Gasteiger partial charge in [0.2, 0.25) is 0 Å². The van der Waals surface area contributed by atoms with Gasteiger partial charge in [-0.3, -0.25) is 0 Å². The van der Waals surface area contributed by atoms with E-state index < -0.39 is 8.07 Å². The standard InChI is InChI=1S/C17H26BBrN2OSi/c1-18(22)21-12-9-17(10-13-21,11-14-23(2,3)4)20-16-8-6-5-7-15(16)19/h5-8,20,22H,9-10,12-13H2,1-4H3. The molecule has 1 fully saturated rings. The molecule has 23 heavy (non-hydrogen) atoms. The molecule has 1 aliphatic heterocycles. The number of anilines is 1. The highest BCUT2D eigenvalue weighted by atomic mass is 79.9. The molecule has 0 aliphatic carbocycles. The highest BCUT2D eigenvalue weighted by molar-refractivity contribution is 9.10. The predicted octanol–water partition coefficient (Wildman–Crippen LogP) is 3.69. The van der Waals surface area contributed by atoms with E-state index in [1.807, 2.05) is 25.0 Å². The largest absolute Gasteiger partial charge is 0.437 e. The van der Waals surface area contributed by atoms with Gasteiger partial charge in [-0.25, -0.2) is 0 Å². The molecule has 1 heterocycles. The zero-order valence-electron chi connectivity index (χ0n) is 14.5. The van der Waals surface area contributed by atoms with Crippen LogP contribution >= 0.6 is 15.9 Å². The first kappa shape index (κ1) is 18.6. The summed E-state index contributed by atoms with van der Waals surface area (Å²) in [5.41, 5.74) is 4.42. The molecule has 1 aromatic rings. The molecule has 0 radical (unpaired) electrons. The third-order valence-corrected chi connectivity index (χ3v) is 5.67. The molecule has 6 heteroatoms. The molecule has 0 amide bonds. The topological polar surface area (TPSA) is 35.5 Å². The third-order valence-electron chi connectivity index (χ3n) is 4.10. The molecule has 2 N–H and O–H groups in total. The van der Waals surface area contributed by atoms with Crippen molar-refractivity contribution < 1.29 is 5.02 Å². The molecule has 0 saturated carbocycles. The number of hydrogen-bond donors (Lipinski definition) is 2. The van der Waals surface area contributed by atoms with Crippen LogP contribution in [0.3, 0.4) is 0 Å². The van der Waals surface area contributed by atoms with Gasteiger partial charge in [-0.15, -0.1) is 5.54 Å². The molecule has 0 spiro atoms. The van der Waals surface area contributed by atoms with Crippen LogP contribution in [0.25, 0.3) is 0 Å². The Bertz CT molecular complexity index is 599. The molecule has 1 aromatic carbocycles. The molecular formula is C17H26BBrN2OSi. The molecular weight excluding hydrogens is 367 g/mol. The molecule has 1 saturated heterocycles. The quantitative estimate of drug-likeness (QED) is 0.608. The van der Waals surface area contributed by atoms with Gasteiger partial charge in [0.25, 0.3) is 0 Å². The van der Waals surface area contributed by atoms with Gasteiger partial charge in [-0.1, -0.05) is 37.7 Å². The minimum Gasteiger partial charge on any atom is -0.437 e. The van der Waals surface area contributed by atoms with Crippen molar-refractivity contribution in [3.63, 3.8) is 0 Å². The summed E-state index contributed by atoms with van der Waals surface area (Å²) in [5.74, 6) is 3.58. The van der Waals surface area contributed by atoms with Crippen LogP contribution in [0.1, 0.15) is 12.8 Å². The van der Waals surface area contributed by atoms with E-state index in [0.29, 0.717) is 0 Å². The number of halogens is 1. The van der Waals surface area contributed by atoms with E-state index in [-0.39, 0.29) is 12.6 Å². The maximum Gasteiger partial charge on any atom is 0.376 e. The van der Waals surface area contributed by atoms with E-state index in [0.717, 1.165) is 36.1 Å². The maximum atomic E-state index is 9.81. The first-order valence-electron chi connectivity index (χ1n) is 8.20. The molecule has 0 atom stereocenters. The monoisotopic (exact) mass is 392 g/mol. The van der Waals surface area contributed by atoms with Crippen LogP contribution < -0.4 is 5.32 Å². The number of rotatable bonds is 3. The summed E-state index contributed by atoms with van der Waals surface area (Å²) in [6.45, 7) is 10.4. The van der Waals surface area contributed by atoms with E-state index in [4.69, 9.17) is 0 Å².